The molecule has 4 rings (SSSR count). The van der Waals surface area contributed by atoms with Gasteiger partial charge in [-0.3, -0.25) is 14.7 Å². The zero-order valence-corrected chi connectivity index (χ0v) is 15.4. The Labute approximate surface area is 157 Å². The number of likely N-dealkylation sites (tertiary alicyclic amines) is 1. The molecular formula is C20H22FN3OS. The van der Waals surface area contributed by atoms with Crippen molar-refractivity contribution in [2.24, 2.45) is 0 Å². The monoisotopic (exact) mass is 371 g/mol. The maximum absolute atomic E-state index is 14.2. The van der Waals surface area contributed by atoms with E-state index in [-0.39, 0.29) is 23.1 Å². The van der Waals surface area contributed by atoms with Crippen molar-refractivity contribution in [1.82, 2.24) is 14.8 Å². The molecule has 4 nitrogen and oxygen atoms in total. The Hall–Kier alpha value is -1.92. The minimum absolute atomic E-state index is 0.133. The van der Waals surface area contributed by atoms with Crippen LogP contribution in [0.1, 0.15) is 29.3 Å². The van der Waals surface area contributed by atoms with Crippen LogP contribution in [0.4, 0.5) is 4.39 Å². The Morgan fingerprint density at radius 2 is 1.96 bits per heavy atom. The van der Waals surface area contributed by atoms with Crippen molar-refractivity contribution in [3.8, 4) is 0 Å². The van der Waals surface area contributed by atoms with E-state index in [0.717, 1.165) is 32.5 Å². The highest BCUT2D eigenvalue weighted by atomic mass is 32.2. The normalized spacial score (nSPS) is 22.1. The second-order valence-electron chi connectivity index (χ2n) is 6.85. The predicted molar refractivity (Wildman–Crippen MR) is 101 cm³/mol. The molecule has 1 aromatic heterocycles. The van der Waals surface area contributed by atoms with Crippen LogP contribution in [0.3, 0.4) is 0 Å². The molecule has 2 aliphatic heterocycles. The molecular weight excluding hydrogens is 349 g/mol. The molecule has 0 spiro atoms. The number of hydrogen-bond acceptors (Lipinski definition) is 4. The smallest absolute Gasteiger partial charge is 0.234 e. The third-order valence-corrected chi connectivity index (χ3v) is 6.37. The van der Waals surface area contributed by atoms with Crippen LogP contribution in [0.5, 0.6) is 0 Å². The van der Waals surface area contributed by atoms with E-state index in [1.54, 1.807) is 18.3 Å². The van der Waals surface area contributed by atoms with Crippen LogP contribution in [-0.2, 0) is 11.3 Å². The minimum Gasteiger partial charge on any atom is -0.323 e. The van der Waals surface area contributed by atoms with Crippen LogP contribution in [0.15, 0.2) is 48.8 Å². The van der Waals surface area contributed by atoms with Gasteiger partial charge in [0.15, 0.2) is 0 Å². The van der Waals surface area contributed by atoms with Crippen molar-refractivity contribution in [1.29, 1.82) is 0 Å². The van der Waals surface area contributed by atoms with Crippen molar-refractivity contribution in [2.45, 2.75) is 30.8 Å². The first kappa shape index (κ1) is 17.5. The summed E-state index contributed by atoms with van der Waals surface area (Å²) in [5.74, 6) is 0.349. The van der Waals surface area contributed by atoms with Crippen LogP contribution in [0, 0.1) is 5.82 Å². The molecule has 0 N–H and O–H groups in total. The van der Waals surface area contributed by atoms with Gasteiger partial charge in [0.05, 0.1) is 5.75 Å². The largest absolute Gasteiger partial charge is 0.323 e. The van der Waals surface area contributed by atoms with Gasteiger partial charge in [-0.25, -0.2) is 4.39 Å². The molecule has 136 valence electrons. The third kappa shape index (κ3) is 3.62. The zero-order valence-electron chi connectivity index (χ0n) is 14.6. The fourth-order valence-corrected chi connectivity index (χ4v) is 5.12. The average molecular weight is 371 g/mol. The lowest BCUT2D eigenvalue weighted by Gasteiger charge is -2.39. The van der Waals surface area contributed by atoms with E-state index in [4.69, 9.17) is 0 Å². The first-order valence-electron chi connectivity index (χ1n) is 9.01. The van der Waals surface area contributed by atoms with E-state index in [9.17, 15) is 9.18 Å². The molecule has 3 heterocycles. The maximum Gasteiger partial charge on any atom is 0.234 e. The second kappa shape index (κ2) is 7.76. The number of halogens is 1. The highest BCUT2D eigenvalue weighted by Gasteiger charge is 2.39. The van der Waals surface area contributed by atoms with Crippen molar-refractivity contribution < 1.29 is 9.18 Å². The van der Waals surface area contributed by atoms with Gasteiger partial charge in [-0.1, -0.05) is 24.3 Å². The molecule has 2 saturated heterocycles. The molecule has 2 fully saturated rings. The Morgan fingerprint density at radius 1 is 1.15 bits per heavy atom. The fraction of sp³-hybridized carbons (Fsp3) is 0.400. The van der Waals surface area contributed by atoms with E-state index in [1.807, 2.05) is 23.2 Å². The lowest BCUT2D eigenvalue weighted by Crippen LogP contribution is -2.46. The first-order chi connectivity index (χ1) is 12.7. The van der Waals surface area contributed by atoms with Crippen molar-refractivity contribution in [3.63, 3.8) is 0 Å². The Morgan fingerprint density at radius 3 is 2.69 bits per heavy atom. The predicted octanol–water partition coefficient (Wildman–Crippen LogP) is 3.46. The first-order valence-corrected chi connectivity index (χ1v) is 10.1. The highest BCUT2D eigenvalue weighted by molar-refractivity contribution is 8.00. The summed E-state index contributed by atoms with van der Waals surface area (Å²) in [6.45, 7) is 2.77. The number of piperidine rings is 1. The van der Waals surface area contributed by atoms with Crippen LogP contribution < -0.4 is 0 Å². The zero-order chi connectivity index (χ0) is 17.9. The van der Waals surface area contributed by atoms with E-state index in [2.05, 4.69) is 16.0 Å². The number of pyridine rings is 1. The number of carbonyl (C=O) groups is 1. The standard InChI is InChI=1S/C20H22FN3OS/c21-18-6-2-1-5-17(18)20-24(19(25)14-26-20)16-7-10-23(11-8-16)13-15-4-3-9-22-12-15/h1-6,9,12,16,20H,7-8,10-11,13-14H2. The summed E-state index contributed by atoms with van der Waals surface area (Å²) >= 11 is 1.54. The minimum atomic E-state index is -0.223. The molecule has 1 aromatic carbocycles. The van der Waals surface area contributed by atoms with Crippen LogP contribution in [-0.4, -0.2) is 45.6 Å². The van der Waals surface area contributed by atoms with Gasteiger partial charge in [-0.2, -0.15) is 0 Å². The molecule has 0 saturated carbocycles. The van der Waals surface area contributed by atoms with Gasteiger partial charge in [0.2, 0.25) is 5.91 Å². The summed E-state index contributed by atoms with van der Waals surface area (Å²) in [7, 11) is 0. The number of hydrogen-bond donors (Lipinski definition) is 0. The van der Waals surface area contributed by atoms with Crippen LogP contribution in [0.2, 0.25) is 0 Å². The second-order valence-corrected chi connectivity index (χ2v) is 7.92. The van der Waals surface area contributed by atoms with E-state index < -0.39 is 0 Å². The fourth-order valence-electron chi connectivity index (χ4n) is 3.85. The molecule has 26 heavy (non-hydrogen) atoms. The third-order valence-electron chi connectivity index (χ3n) is 5.16. The van der Waals surface area contributed by atoms with Gasteiger partial charge in [-0.15, -0.1) is 11.8 Å². The van der Waals surface area contributed by atoms with Crippen molar-refractivity contribution in [2.75, 3.05) is 18.8 Å². The Balaban J connectivity index is 1.42. The summed E-state index contributed by atoms with van der Waals surface area (Å²) in [5, 5.41) is -0.196. The van der Waals surface area contributed by atoms with Gasteiger partial charge in [0.1, 0.15) is 11.2 Å². The molecule has 0 bridgehead atoms. The van der Waals surface area contributed by atoms with Gasteiger partial charge in [0, 0.05) is 43.6 Å². The number of amides is 1. The summed E-state index contributed by atoms with van der Waals surface area (Å²) in [5.41, 5.74) is 1.84. The maximum atomic E-state index is 14.2. The lowest BCUT2D eigenvalue weighted by molar-refractivity contribution is -0.131. The number of carbonyl (C=O) groups excluding carboxylic acids is 1. The van der Waals surface area contributed by atoms with Crippen molar-refractivity contribution >= 4 is 17.7 Å². The van der Waals surface area contributed by atoms with Gasteiger partial charge < -0.3 is 4.90 Å². The van der Waals surface area contributed by atoms with E-state index in [1.165, 1.54) is 23.4 Å². The average Bonchev–Trinajstić information content (AvgIpc) is 3.05. The summed E-state index contributed by atoms with van der Waals surface area (Å²) in [4.78, 5) is 21.0. The summed E-state index contributed by atoms with van der Waals surface area (Å²) in [6.07, 6.45) is 5.55. The molecule has 0 radical (unpaired) electrons. The Bertz CT molecular complexity index is 765. The number of aromatic nitrogens is 1. The molecule has 1 unspecified atom stereocenters. The molecule has 6 heteroatoms. The highest BCUT2D eigenvalue weighted by Crippen LogP contribution is 2.42. The molecule has 1 atom stereocenters. The molecule has 2 aliphatic rings. The van der Waals surface area contributed by atoms with Crippen LogP contribution in [0.25, 0.3) is 0 Å². The molecule has 1 amide bonds. The van der Waals surface area contributed by atoms with Gasteiger partial charge in [0.25, 0.3) is 0 Å². The van der Waals surface area contributed by atoms with Gasteiger partial charge >= 0.3 is 0 Å². The van der Waals surface area contributed by atoms with E-state index in [0.29, 0.717) is 11.3 Å². The number of thioether (sulfide) groups is 1. The number of rotatable bonds is 4. The SMILES string of the molecule is O=C1CSC(c2ccccc2F)N1C1CCN(Cc2cccnc2)CC1. The molecule has 2 aromatic rings. The van der Waals surface area contributed by atoms with Crippen molar-refractivity contribution in [3.05, 3.63) is 65.7 Å². The number of nitrogens with zero attached hydrogens (tertiary/aromatic N) is 3. The summed E-state index contributed by atoms with van der Waals surface area (Å²) < 4.78 is 14.2. The Kier molecular flexibility index (Phi) is 5.22. The topological polar surface area (TPSA) is 36.4 Å². The molecule has 0 aliphatic carbocycles. The van der Waals surface area contributed by atoms with E-state index >= 15 is 0 Å². The lowest BCUT2D eigenvalue weighted by atomic mass is 10.0. The van der Waals surface area contributed by atoms with Gasteiger partial charge in [-0.05, 0) is 30.5 Å². The summed E-state index contributed by atoms with van der Waals surface area (Å²) in [6, 6.07) is 11.1. The van der Waals surface area contributed by atoms with Crippen LogP contribution >= 0.6 is 11.8 Å². The number of benzene rings is 1. The quantitative estimate of drug-likeness (QED) is 0.825.